The molecule has 0 atom stereocenters. The summed E-state index contributed by atoms with van der Waals surface area (Å²) in [6.07, 6.45) is 1.04. The van der Waals surface area contributed by atoms with Crippen molar-refractivity contribution in [2.24, 2.45) is 5.41 Å². The van der Waals surface area contributed by atoms with E-state index in [1.54, 1.807) is 15.7 Å². The Bertz CT molecular complexity index is 3080. The van der Waals surface area contributed by atoms with Crippen LogP contribution >= 0.6 is 0 Å². The summed E-state index contributed by atoms with van der Waals surface area (Å²) >= 11 is 0. The number of aromatic nitrogens is 9. The van der Waals surface area contributed by atoms with E-state index in [9.17, 15) is 5.11 Å². The molecular weight excluding hydrogens is 959 g/mol. The van der Waals surface area contributed by atoms with Crippen LogP contribution < -0.4 is 0 Å². The van der Waals surface area contributed by atoms with Gasteiger partial charge in [-0.1, -0.05) is 113 Å². The summed E-state index contributed by atoms with van der Waals surface area (Å²) in [7, 11) is 0. The molecule has 0 saturated carbocycles. The summed E-state index contributed by atoms with van der Waals surface area (Å²) in [4.78, 5) is 4.84. The van der Waals surface area contributed by atoms with Gasteiger partial charge in [0, 0.05) is 20.1 Å². The Balaban J connectivity index is 0.000000130. The van der Waals surface area contributed by atoms with Crippen LogP contribution in [0.2, 0.25) is 0 Å². The number of phenols is 1. The number of phenolic OH excluding ortho intramolecular Hbond substituents is 1. The number of fused-ring (bicyclic) bond motifs is 5. The Morgan fingerprint density at radius 1 is 0.460 bits per heavy atom. The van der Waals surface area contributed by atoms with Crippen molar-refractivity contribution in [2.75, 3.05) is 0 Å². The molecule has 11 heteroatoms. The first-order valence-corrected chi connectivity index (χ1v) is 20.6. The minimum absolute atomic E-state index is 0. The van der Waals surface area contributed by atoms with Crippen LogP contribution in [0.3, 0.4) is 0 Å². The molecule has 8 aromatic carbocycles. The van der Waals surface area contributed by atoms with Crippen LogP contribution in [0.5, 0.6) is 5.75 Å². The number of aromatic hydroxyl groups is 1. The molecule has 0 saturated heterocycles. The van der Waals surface area contributed by atoms with E-state index < -0.39 is 0 Å². The first kappa shape index (κ1) is 42.6. The van der Waals surface area contributed by atoms with Crippen molar-refractivity contribution in [1.82, 2.24) is 45.0 Å². The molecule has 1 radical (unpaired) electrons. The first-order valence-electron chi connectivity index (χ1n) is 20.6. The summed E-state index contributed by atoms with van der Waals surface area (Å²) in [5, 5.41) is 41.8. The van der Waals surface area contributed by atoms with Gasteiger partial charge in [0.25, 0.3) is 0 Å². The van der Waals surface area contributed by atoms with E-state index in [-0.39, 0.29) is 36.7 Å². The van der Waals surface area contributed by atoms with Gasteiger partial charge in [0.2, 0.25) is 0 Å². The Kier molecular flexibility index (Phi) is 12.0. The van der Waals surface area contributed by atoms with Crippen molar-refractivity contribution in [1.29, 1.82) is 0 Å². The second-order valence-corrected chi connectivity index (χ2v) is 17.1. The van der Waals surface area contributed by atoms with Crippen LogP contribution in [0.25, 0.3) is 71.7 Å². The molecule has 0 aliphatic rings. The third-order valence-electron chi connectivity index (χ3n) is 10.6. The molecule has 315 valence electrons. The fourth-order valence-corrected chi connectivity index (χ4v) is 8.04. The van der Waals surface area contributed by atoms with Crippen LogP contribution in [0, 0.1) is 17.5 Å². The van der Waals surface area contributed by atoms with Gasteiger partial charge in [0.05, 0.1) is 0 Å². The van der Waals surface area contributed by atoms with Crippen molar-refractivity contribution in [2.45, 2.75) is 46.5 Å². The predicted molar refractivity (Wildman–Crippen MR) is 248 cm³/mol. The molecule has 11 aromatic rings. The van der Waals surface area contributed by atoms with Gasteiger partial charge in [0.15, 0.2) is 0 Å². The largest absolute Gasteiger partial charge is 0.506 e. The predicted octanol–water partition coefficient (Wildman–Crippen LogP) is 11.6. The summed E-state index contributed by atoms with van der Waals surface area (Å²) in [6, 6.07) is 59.9. The molecule has 11 rings (SSSR count). The van der Waals surface area contributed by atoms with E-state index in [0.29, 0.717) is 5.69 Å². The third kappa shape index (κ3) is 9.26. The van der Waals surface area contributed by atoms with E-state index >= 15 is 0 Å². The Labute approximate surface area is 379 Å². The van der Waals surface area contributed by atoms with Gasteiger partial charge in [-0.3, -0.25) is 0 Å². The number of benzene rings is 8. The van der Waals surface area contributed by atoms with E-state index in [0.717, 1.165) is 72.4 Å². The van der Waals surface area contributed by atoms with Gasteiger partial charge >= 0.3 is 0 Å². The van der Waals surface area contributed by atoms with Crippen molar-refractivity contribution in [3.05, 3.63) is 181 Å². The van der Waals surface area contributed by atoms with Crippen LogP contribution in [-0.4, -0.2) is 50.1 Å². The second-order valence-electron chi connectivity index (χ2n) is 17.1. The monoisotopic (exact) mass is 1000 g/mol. The minimum atomic E-state index is -0.00667. The molecule has 0 fully saturated rings. The molecule has 0 spiro atoms. The van der Waals surface area contributed by atoms with E-state index in [2.05, 4.69) is 102 Å². The average Bonchev–Trinajstić information content (AvgIpc) is 4.03. The smallest absolute Gasteiger partial charge is 0.143 e. The Morgan fingerprint density at radius 3 is 1.22 bits per heavy atom. The number of rotatable bonds is 5. The maximum absolute atomic E-state index is 10.3. The zero-order valence-corrected chi connectivity index (χ0v) is 38.0. The summed E-state index contributed by atoms with van der Waals surface area (Å²) in [5.41, 5.74) is 8.97. The van der Waals surface area contributed by atoms with Crippen molar-refractivity contribution < 1.29 is 25.2 Å². The molecule has 0 aliphatic carbocycles. The van der Waals surface area contributed by atoms with Gasteiger partial charge in [0.1, 0.15) is 44.5 Å². The molecule has 63 heavy (non-hydrogen) atoms. The standard InChI is InChI=1S/C20H25N3O.2C16H10N3.Ir/c1-19(2,3)13-20(4,5)14-10-11-18(24)17(12-14)23-21-15-8-6-7-9-16(15)22-23;2*1-2-8-13-12(6-1)7-5-11-16(13)19-17-14-9-3-4-10-15(14)18-19;/h6-12,24H,13H2,1-5H3;2*1-10H;/q;2*-1;. The second kappa shape index (κ2) is 17.7. The minimum Gasteiger partial charge on any atom is -0.506 e. The van der Waals surface area contributed by atoms with Gasteiger partial charge in [-0.2, -0.15) is 66.4 Å². The number of nitrogens with zero attached hydrogens (tertiary/aromatic N) is 9. The zero-order valence-electron chi connectivity index (χ0n) is 35.6. The molecule has 1 N–H and O–H groups in total. The molecular formula is C52H45IrN9O-2. The molecule has 3 heterocycles. The molecule has 0 aliphatic heterocycles. The van der Waals surface area contributed by atoms with Crippen LogP contribution in [-0.2, 0) is 25.5 Å². The average molecular weight is 1000 g/mol. The van der Waals surface area contributed by atoms with Crippen molar-refractivity contribution >= 4 is 54.6 Å². The van der Waals surface area contributed by atoms with Gasteiger partial charge < -0.3 is 5.11 Å². The zero-order chi connectivity index (χ0) is 42.8. The summed E-state index contributed by atoms with van der Waals surface area (Å²) in [6.45, 7) is 11.2. The maximum atomic E-state index is 10.3. The third-order valence-corrected chi connectivity index (χ3v) is 10.6. The SMILES string of the molecule is CC(C)(C)CC(C)(C)c1ccc(O)c(-n2nc3ccccc3n2)c1.[Ir].[c-]1ccc2ccccc2c1-n1nc2ccccc2n1.[c-]1ccc2ccccc2c1-n1nc2ccccc2n1. The number of hydrogen-bond acceptors (Lipinski definition) is 7. The first-order chi connectivity index (χ1) is 30.0. The maximum Gasteiger partial charge on any atom is 0.143 e. The van der Waals surface area contributed by atoms with Crippen molar-refractivity contribution in [3.8, 4) is 22.8 Å². The quantitative estimate of drug-likeness (QED) is 0.171. The van der Waals surface area contributed by atoms with E-state index in [4.69, 9.17) is 0 Å². The normalized spacial score (nSPS) is 11.6. The van der Waals surface area contributed by atoms with E-state index in [1.807, 2.05) is 133 Å². The van der Waals surface area contributed by atoms with Crippen LogP contribution in [0.4, 0.5) is 0 Å². The molecule has 10 nitrogen and oxygen atoms in total. The molecule has 3 aromatic heterocycles. The molecule has 0 amide bonds. The Hall–Kier alpha value is -7.07. The molecule has 0 unspecified atom stereocenters. The van der Waals surface area contributed by atoms with Crippen LogP contribution in [0.1, 0.15) is 46.6 Å². The topological polar surface area (TPSA) is 112 Å². The van der Waals surface area contributed by atoms with Crippen LogP contribution in [0.15, 0.2) is 164 Å². The Morgan fingerprint density at radius 2 is 0.825 bits per heavy atom. The van der Waals surface area contributed by atoms with Gasteiger partial charge in [-0.05, 0) is 82.7 Å². The van der Waals surface area contributed by atoms with Crippen molar-refractivity contribution in [3.63, 3.8) is 0 Å². The summed E-state index contributed by atoms with van der Waals surface area (Å²) < 4.78 is 0. The van der Waals surface area contributed by atoms with E-state index in [1.165, 1.54) is 10.4 Å². The summed E-state index contributed by atoms with van der Waals surface area (Å²) in [5.74, 6) is 0.186. The fraction of sp³-hybridized carbons (Fsp3) is 0.154. The number of hydrogen-bond donors (Lipinski definition) is 1. The molecule has 0 bridgehead atoms. The van der Waals surface area contributed by atoms with Gasteiger partial charge in [-0.15, -0.1) is 48.7 Å². The van der Waals surface area contributed by atoms with Gasteiger partial charge in [-0.25, -0.2) is 0 Å². The fourth-order valence-electron chi connectivity index (χ4n) is 8.04.